The SMILES string of the molecule is CC1CCCCC1OCC(N)C(=O)O. The summed E-state index contributed by atoms with van der Waals surface area (Å²) in [6, 6.07) is -0.885. The quantitative estimate of drug-likeness (QED) is 0.711. The molecule has 1 saturated carbocycles. The lowest BCUT2D eigenvalue weighted by Gasteiger charge is -2.29. The summed E-state index contributed by atoms with van der Waals surface area (Å²) in [6.45, 7) is 2.28. The van der Waals surface area contributed by atoms with E-state index in [9.17, 15) is 4.79 Å². The molecule has 1 fully saturated rings. The number of ether oxygens (including phenoxy) is 1. The van der Waals surface area contributed by atoms with Gasteiger partial charge in [-0.3, -0.25) is 4.79 Å². The van der Waals surface area contributed by atoms with Crippen molar-refractivity contribution in [2.75, 3.05) is 6.61 Å². The van der Waals surface area contributed by atoms with E-state index in [1.54, 1.807) is 0 Å². The summed E-state index contributed by atoms with van der Waals surface area (Å²) < 4.78 is 5.51. The van der Waals surface area contributed by atoms with Crippen molar-refractivity contribution in [2.24, 2.45) is 11.7 Å². The maximum Gasteiger partial charge on any atom is 0.322 e. The number of carboxylic acids is 1. The van der Waals surface area contributed by atoms with Gasteiger partial charge in [0.15, 0.2) is 0 Å². The topological polar surface area (TPSA) is 72.5 Å². The van der Waals surface area contributed by atoms with Gasteiger partial charge in [0.25, 0.3) is 0 Å². The van der Waals surface area contributed by atoms with Crippen LogP contribution in [-0.4, -0.2) is 29.8 Å². The van der Waals surface area contributed by atoms with Gasteiger partial charge in [-0.1, -0.05) is 19.8 Å². The van der Waals surface area contributed by atoms with Crippen molar-refractivity contribution in [2.45, 2.75) is 44.8 Å². The van der Waals surface area contributed by atoms with Gasteiger partial charge in [-0.25, -0.2) is 0 Å². The normalized spacial score (nSPS) is 29.9. The number of nitrogens with two attached hydrogens (primary N) is 1. The number of carboxylic acid groups (broad SMARTS) is 1. The van der Waals surface area contributed by atoms with E-state index in [1.807, 2.05) is 0 Å². The monoisotopic (exact) mass is 201 g/mol. The molecule has 4 heteroatoms. The van der Waals surface area contributed by atoms with E-state index in [4.69, 9.17) is 15.6 Å². The molecular formula is C10H19NO3. The first-order valence-corrected chi connectivity index (χ1v) is 5.21. The molecule has 0 aromatic rings. The van der Waals surface area contributed by atoms with Gasteiger partial charge >= 0.3 is 5.97 Å². The van der Waals surface area contributed by atoms with Crippen LogP contribution in [0.4, 0.5) is 0 Å². The zero-order valence-corrected chi connectivity index (χ0v) is 8.61. The van der Waals surface area contributed by atoms with Crippen molar-refractivity contribution in [3.8, 4) is 0 Å². The van der Waals surface area contributed by atoms with Gasteiger partial charge < -0.3 is 15.6 Å². The first-order chi connectivity index (χ1) is 6.61. The molecule has 82 valence electrons. The molecule has 1 rings (SSSR count). The molecule has 1 aliphatic rings. The van der Waals surface area contributed by atoms with Crippen molar-refractivity contribution in [3.63, 3.8) is 0 Å². The predicted octanol–water partition coefficient (Wildman–Crippen LogP) is 0.994. The Balaban J connectivity index is 2.25. The third kappa shape index (κ3) is 3.27. The van der Waals surface area contributed by atoms with E-state index in [1.165, 1.54) is 19.3 Å². The molecule has 0 aromatic heterocycles. The van der Waals surface area contributed by atoms with Crippen LogP contribution in [0.5, 0.6) is 0 Å². The number of hydrogen-bond donors (Lipinski definition) is 2. The Hall–Kier alpha value is -0.610. The highest BCUT2D eigenvalue weighted by Crippen LogP contribution is 2.26. The van der Waals surface area contributed by atoms with Crippen molar-refractivity contribution in [1.29, 1.82) is 0 Å². The molecule has 1 aliphatic carbocycles. The Morgan fingerprint density at radius 2 is 2.21 bits per heavy atom. The fourth-order valence-electron chi connectivity index (χ4n) is 1.83. The van der Waals surface area contributed by atoms with E-state index in [0.717, 1.165) is 6.42 Å². The van der Waals surface area contributed by atoms with Crippen LogP contribution in [0.2, 0.25) is 0 Å². The summed E-state index contributed by atoms with van der Waals surface area (Å²) in [7, 11) is 0. The molecule has 0 amide bonds. The molecular weight excluding hydrogens is 182 g/mol. The Morgan fingerprint density at radius 1 is 1.57 bits per heavy atom. The second-order valence-electron chi connectivity index (χ2n) is 4.08. The molecule has 3 N–H and O–H groups in total. The first-order valence-electron chi connectivity index (χ1n) is 5.21. The summed E-state index contributed by atoms with van der Waals surface area (Å²) in [5.74, 6) is -0.460. The third-order valence-corrected chi connectivity index (χ3v) is 2.84. The largest absolute Gasteiger partial charge is 0.480 e. The van der Waals surface area contributed by atoms with Crippen LogP contribution < -0.4 is 5.73 Å². The third-order valence-electron chi connectivity index (χ3n) is 2.84. The molecule has 0 radical (unpaired) electrons. The number of hydrogen-bond acceptors (Lipinski definition) is 3. The van der Waals surface area contributed by atoms with Gasteiger partial charge in [-0.05, 0) is 18.8 Å². The number of rotatable bonds is 4. The molecule has 14 heavy (non-hydrogen) atoms. The van der Waals surface area contributed by atoms with Crippen LogP contribution in [0.1, 0.15) is 32.6 Å². The fraction of sp³-hybridized carbons (Fsp3) is 0.900. The molecule has 3 unspecified atom stereocenters. The molecule has 0 aliphatic heterocycles. The summed E-state index contributed by atoms with van der Waals surface area (Å²) in [4.78, 5) is 10.4. The van der Waals surface area contributed by atoms with Gasteiger partial charge in [-0.15, -0.1) is 0 Å². The van der Waals surface area contributed by atoms with E-state index in [0.29, 0.717) is 5.92 Å². The van der Waals surface area contributed by atoms with Gasteiger partial charge in [0.05, 0.1) is 12.7 Å². The maximum atomic E-state index is 10.4. The highest BCUT2D eigenvalue weighted by Gasteiger charge is 2.23. The minimum Gasteiger partial charge on any atom is -0.480 e. The van der Waals surface area contributed by atoms with Crippen LogP contribution in [0.15, 0.2) is 0 Å². The van der Waals surface area contributed by atoms with E-state index in [2.05, 4.69) is 6.92 Å². The van der Waals surface area contributed by atoms with Crippen LogP contribution in [0.3, 0.4) is 0 Å². The molecule has 4 nitrogen and oxygen atoms in total. The zero-order chi connectivity index (χ0) is 10.6. The summed E-state index contributed by atoms with van der Waals surface area (Å²) in [6.07, 6.45) is 4.85. The summed E-state index contributed by atoms with van der Waals surface area (Å²) in [5, 5.41) is 8.57. The number of carbonyl (C=O) groups is 1. The zero-order valence-electron chi connectivity index (χ0n) is 8.61. The van der Waals surface area contributed by atoms with Crippen LogP contribution >= 0.6 is 0 Å². The van der Waals surface area contributed by atoms with Gasteiger partial charge in [0.2, 0.25) is 0 Å². The van der Waals surface area contributed by atoms with Gasteiger partial charge in [-0.2, -0.15) is 0 Å². The Labute approximate surface area is 84.4 Å². The minimum atomic E-state index is -0.992. The molecule has 0 bridgehead atoms. The Morgan fingerprint density at radius 3 is 2.79 bits per heavy atom. The summed E-state index contributed by atoms with van der Waals surface area (Å²) in [5.41, 5.74) is 5.35. The Bertz CT molecular complexity index is 196. The fourth-order valence-corrected chi connectivity index (χ4v) is 1.83. The molecule has 0 spiro atoms. The van der Waals surface area contributed by atoms with Gasteiger partial charge in [0, 0.05) is 0 Å². The lowest BCUT2D eigenvalue weighted by molar-refractivity contribution is -0.141. The van der Waals surface area contributed by atoms with Crippen molar-refractivity contribution in [1.82, 2.24) is 0 Å². The predicted molar refractivity (Wildman–Crippen MR) is 53.0 cm³/mol. The highest BCUT2D eigenvalue weighted by molar-refractivity contribution is 5.73. The molecule has 0 heterocycles. The molecule has 0 aromatic carbocycles. The van der Waals surface area contributed by atoms with Crippen LogP contribution in [-0.2, 0) is 9.53 Å². The maximum absolute atomic E-state index is 10.4. The lowest BCUT2D eigenvalue weighted by atomic mass is 9.88. The van der Waals surface area contributed by atoms with E-state index >= 15 is 0 Å². The van der Waals surface area contributed by atoms with E-state index in [-0.39, 0.29) is 12.7 Å². The summed E-state index contributed by atoms with van der Waals surface area (Å²) >= 11 is 0. The van der Waals surface area contributed by atoms with Crippen molar-refractivity contribution in [3.05, 3.63) is 0 Å². The van der Waals surface area contributed by atoms with Crippen molar-refractivity contribution >= 4 is 5.97 Å². The average Bonchev–Trinajstić information content (AvgIpc) is 2.16. The highest BCUT2D eigenvalue weighted by atomic mass is 16.5. The molecule has 3 atom stereocenters. The molecule has 0 saturated heterocycles. The smallest absolute Gasteiger partial charge is 0.322 e. The second kappa shape index (κ2) is 5.32. The minimum absolute atomic E-state index is 0.129. The van der Waals surface area contributed by atoms with Crippen LogP contribution in [0.25, 0.3) is 0 Å². The van der Waals surface area contributed by atoms with Crippen molar-refractivity contribution < 1.29 is 14.6 Å². The van der Waals surface area contributed by atoms with E-state index < -0.39 is 12.0 Å². The second-order valence-corrected chi connectivity index (χ2v) is 4.08. The number of aliphatic carboxylic acids is 1. The average molecular weight is 201 g/mol. The Kier molecular flexibility index (Phi) is 4.35. The lowest BCUT2D eigenvalue weighted by Crippen LogP contribution is -2.38. The standard InChI is InChI=1S/C10H19NO3/c1-7-4-2-3-5-9(7)14-6-8(11)10(12)13/h7-9H,2-6,11H2,1H3,(H,12,13). The van der Waals surface area contributed by atoms with Crippen LogP contribution in [0, 0.1) is 5.92 Å². The first kappa shape index (κ1) is 11.5. The van der Waals surface area contributed by atoms with Gasteiger partial charge in [0.1, 0.15) is 6.04 Å².